The Kier molecular flexibility index (Phi) is 8.12. The highest BCUT2D eigenvalue weighted by Gasteiger charge is 2.13. The van der Waals surface area contributed by atoms with Crippen LogP contribution in [0.1, 0.15) is 37.7 Å². The second kappa shape index (κ2) is 11.4. The number of carbonyl (C=O) groups excluding carboxylic acids is 1. The lowest BCUT2D eigenvalue weighted by Gasteiger charge is -2.10. The summed E-state index contributed by atoms with van der Waals surface area (Å²) in [7, 11) is 4.07. The van der Waals surface area contributed by atoms with Gasteiger partial charge < -0.3 is 10.2 Å². The Morgan fingerprint density at radius 1 is 0.941 bits per heavy atom. The summed E-state index contributed by atoms with van der Waals surface area (Å²) in [6.45, 7) is 0.862. The summed E-state index contributed by atoms with van der Waals surface area (Å²) in [6, 6.07) is 24.4. The van der Waals surface area contributed by atoms with E-state index >= 15 is 0 Å². The minimum absolute atomic E-state index is 0.196. The van der Waals surface area contributed by atoms with Gasteiger partial charge in [0.1, 0.15) is 5.69 Å². The average molecular weight is 490 g/mol. The molecular weight excluding hydrogens is 462 g/mol. The normalized spacial score (nSPS) is 11.1. The van der Waals surface area contributed by atoms with E-state index in [0.29, 0.717) is 17.1 Å². The molecule has 0 atom stereocenters. The second-order valence-corrected chi connectivity index (χ2v) is 9.97. The Bertz CT molecular complexity index is 1240. The van der Waals surface area contributed by atoms with Crippen molar-refractivity contribution in [2.45, 2.75) is 25.8 Å². The minimum Gasteiger partial charge on any atom is -0.321 e. The van der Waals surface area contributed by atoms with Gasteiger partial charge in [0.2, 0.25) is 0 Å². The molecule has 4 nitrogen and oxygen atoms in total. The van der Waals surface area contributed by atoms with Gasteiger partial charge in [0, 0.05) is 29.1 Å². The molecule has 6 heteroatoms. The van der Waals surface area contributed by atoms with Gasteiger partial charge in [0.15, 0.2) is 0 Å². The third kappa shape index (κ3) is 6.76. The van der Waals surface area contributed by atoms with Crippen molar-refractivity contribution in [2.75, 3.05) is 19.4 Å². The lowest BCUT2D eigenvalue weighted by Crippen LogP contribution is -2.13. The van der Waals surface area contributed by atoms with E-state index in [0.717, 1.165) is 35.6 Å². The Labute approximate surface area is 210 Å². The molecule has 1 heterocycles. The molecule has 4 rings (SSSR count). The third-order valence-electron chi connectivity index (χ3n) is 5.53. The van der Waals surface area contributed by atoms with Crippen molar-refractivity contribution in [1.82, 2.24) is 9.88 Å². The van der Waals surface area contributed by atoms with Crippen LogP contribution in [0.3, 0.4) is 0 Å². The lowest BCUT2D eigenvalue weighted by molar-refractivity contribution is 0.102. The first kappa shape index (κ1) is 24.1. The van der Waals surface area contributed by atoms with Gasteiger partial charge in [-0.25, -0.2) is 4.98 Å². The van der Waals surface area contributed by atoms with Gasteiger partial charge in [-0.3, -0.25) is 4.79 Å². The molecule has 0 spiro atoms. The Morgan fingerprint density at radius 2 is 1.71 bits per heavy atom. The molecule has 0 aliphatic carbocycles. The number of carbonyl (C=O) groups is 1. The fraction of sp³-hybridized carbons (Fsp3) is 0.214. The lowest BCUT2D eigenvalue weighted by atomic mass is 9.98. The standard InChI is InChI=1S/C28H28ClN3OS/c1-32(2)18-21-9-14-25(15-10-21)30-28(33)26-19-34-27(31-26)17-23-16-24(29)13-12-22(23)11-8-20-6-4-3-5-7-20/h3-7,9-10,12-16,19H,8,11,17-18H2,1-2H3,(H,30,33). The van der Waals surface area contributed by atoms with Crippen molar-refractivity contribution >= 4 is 34.5 Å². The van der Waals surface area contributed by atoms with Gasteiger partial charge in [-0.1, -0.05) is 60.1 Å². The molecule has 3 aromatic carbocycles. The van der Waals surface area contributed by atoms with E-state index in [2.05, 4.69) is 45.5 Å². The highest BCUT2D eigenvalue weighted by atomic mass is 35.5. The van der Waals surface area contributed by atoms with Crippen molar-refractivity contribution < 1.29 is 4.79 Å². The quantitative estimate of drug-likeness (QED) is 0.292. The van der Waals surface area contributed by atoms with Gasteiger partial charge in [0.05, 0.1) is 5.01 Å². The van der Waals surface area contributed by atoms with Crippen molar-refractivity contribution in [3.8, 4) is 0 Å². The smallest absolute Gasteiger partial charge is 0.275 e. The largest absolute Gasteiger partial charge is 0.321 e. The molecule has 1 amide bonds. The van der Waals surface area contributed by atoms with Crippen molar-refractivity contribution in [3.05, 3.63) is 116 Å². The molecule has 0 fully saturated rings. The zero-order valence-corrected chi connectivity index (χ0v) is 21.0. The van der Waals surface area contributed by atoms with Gasteiger partial charge in [-0.2, -0.15) is 0 Å². The number of nitrogens with one attached hydrogen (secondary N) is 1. The summed E-state index contributed by atoms with van der Waals surface area (Å²) < 4.78 is 0. The van der Waals surface area contributed by atoms with Crippen LogP contribution >= 0.6 is 22.9 Å². The van der Waals surface area contributed by atoms with Crippen LogP contribution in [0, 0.1) is 0 Å². The number of amides is 1. The number of benzene rings is 3. The number of nitrogens with zero attached hydrogens (tertiary/aromatic N) is 2. The number of thiazole rings is 1. The molecule has 0 bridgehead atoms. The third-order valence-corrected chi connectivity index (χ3v) is 6.61. The summed E-state index contributed by atoms with van der Waals surface area (Å²) in [5.74, 6) is -0.196. The van der Waals surface area contributed by atoms with Crippen LogP contribution < -0.4 is 5.32 Å². The van der Waals surface area contributed by atoms with Crippen LogP contribution in [0.5, 0.6) is 0 Å². The molecule has 34 heavy (non-hydrogen) atoms. The van der Waals surface area contributed by atoms with E-state index < -0.39 is 0 Å². The number of hydrogen-bond acceptors (Lipinski definition) is 4. The molecule has 0 saturated heterocycles. The van der Waals surface area contributed by atoms with E-state index in [9.17, 15) is 4.79 Å². The number of hydrogen-bond donors (Lipinski definition) is 1. The summed E-state index contributed by atoms with van der Waals surface area (Å²) in [5.41, 5.74) is 6.12. The minimum atomic E-state index is -0.196. The van der Waals surface area contributed by atoms with E-state index in [1.807, 2.05) is 61.9 Å². The maximum absolute atomic E-state index is 12.7. The van der Waals surface area contributed by atoms with E-state index in [4.69, 9.17) is 11.6 Å². The van der Waals surface area contributed by atoms with E-state index in [-0.39, 0.29) is 5.91 Å². The van der Waals surface area contributed by atoms with Crippen molar-refractivity contribution in [3.63, 3.8) is 0 Å². The number of halogens is 1. The summed E-state index contributed by atoms with van der Waals surface area (Å²) in [6.07, 6.45) is 2.55. The number of rotatable bonds is 9. The molecule has 0 radical (unpaired) electrons. The van der Waals surface area contributed by atoms with Crippen LogP contribution in [0.4, 0.5) is 5.69 Å². The summed E-state index contributed by atoms with van der Waals surface area (Å²) >= 11 is 7.80. The first-order valence-electron chi connectivity index (χ1n) is 11.3. The fourth-order valence-electron chi connectivity index (χ4n) is 3.84. The van der Waals surface area contributed by atoms with Gasteiger partial charge in [-0.15, -0.1) is 11.3 Å². The van der Waals surface area contributed by atoms with E-state index in [1.54, 1.807) is 0 Å². The van der Waals surface area contributed by atoms with Crippen molar-refractivity contribution in [1.29, 1.82) is 0 Å². The molecule has 174 valence electrons. The summed E-state index contributed by atoms with van der Waals surface area (Å²) in [5, 5.41) is 6.38. The predicted octanol–water partition coefficient (Wildman–Crippen LogP) is 6.49. The van der Waals surface area contributed by atoms with Gasteiger partial charge in [0.25, 0.3) is 5.91 Å². The Balaban J connectivity index is 1.41. The predicted molar refractivity (Wildman–Crippen MR) is 142 cm³/mol. The Morgan fingerprint density at radius 3 is 2.44 bits per heavy atom. The Hall–Kier alpha value is -2.99. The summed E-state index contributed by atoms with van der Waals surface area (Å²) in [4.78, 5) is 19.4. The monoisotopic (exact) mass is 489 g/mol. The van der Waals surface area contributed by atoms with Crippen molar-refractivity contribution in [2.24, 2.45) is 0 Å². The molecule has 1 aromatic heterocycles. The maximum atomic E-state index is 12.7. The number of aromatic nitrogens is 1. The second-order valence-electron chi connectivity index (χ2n) is 8.59. The highest BCUT2D eigenvalue weighted by molar-refractivity contribution is 7.09. The first-order valence-corrected chi connectivity index (χ1v) is 12.5. The first-order chi connectivity index (χ1) is 16.5. The SMILES string of the molecule is CN(C)Cc1ccc(NC(=O)c2csc(Cc3cc(Cl)ccc3CCc3ccccc3)n2)cc1. The zero-order valence-electron chi connectivity index (χ0n) is 19.4. The molecule has 0 aliphatic rings. The molecular formula is C28H28ClN3OS. The molecule has 0 saturated carbocycles. The van der Waals surface area contributed by atoms with Crippen LogP contribution in [0.2, 0.25) is 5.02 Å². The number of anilines is 1. The molecule has 1 N–H and O–H groups in total. The maximum Gasteiger partial charge on any atom is 0.275 e. The zero-order chi connectivity index (χ0) is 23.9. The topological polar surface area (TPSA) is 45.2 Å². The fourth-order valence-corrected chi connectivity index (χ4v) is 4.83. The highest BCUT2D eigenvalue weighted by Crippen LogP contribution is 2.23. The molecule has 4 aromatic rings. The van der Waals surface area contributed by atoms with Crippen LogP contribution in [-0.4, -0.2) is 29.9 Å². The molecule has 0 aliphatic heterocycles. The molecule has 0 unspecified atom stereocenters. The van der Waals surface area contributed by atoms with Gasteiger partial charge >= 0.3 is 0 Å². The van der Waals surface area contributed by atoms with Gasteiger partial charge in [-0.05, 0) is 73.5 Å². The van der Waals surface area contributed by atoms with Crippen LogP contribution in [-0.2, 0) is 25.8 Å². The average Bonchev–Trinajstić information content (AvgIpc) is 3.29. The van der Waals surface area contributed by atoms with Crippen LogP contribution in [0.15, 0.2) is 78.2 Å². The number of aryl methyl sites for hydroxylation is 2. The van der Waals surface area contributed by atoms with E-state index in [1.165, 1.54) is 28.0 Å². The van der Waals surface area contributed by atoms with Crippen LogP contribution in [0.25, 0.3) is 0 Å².